The Morgan fingerprint density at radius 1 is 0.964 bits per heavy atom. The molecule has 28 heavy (non-hydrogen) atoms. The van der Waals surface area contributed by atoms with Gasteiger partial charge in [-0.25, -0.2) is 0 Å². The minimum Gasteiger partial charge on any atom is -0.491 e. The van der Waals surface area contributed by atoms with Crippen molar-refractivity contribution >= 4 is 0 Å². The summed E-state index contributed by atoms with van der Waals surface area (Å²) in [4.78, 5) is 0. The van der Waals surface area contributed by atoms with Crippen LogP contribution in [0.1, 0.15) is 57.7 Å². The molecule has 0 saturated carbocycles. The first-order chi connectivity index (χ1) is 13.2. The molecule has 1 aliphatic rings. The quantitative estimate of drug-likeness (QED) is 0.712. The lowest BCUT2D eigenvalue weighted by molar-refractivity contribution is -0.261. The molecule has 0 spiro atoms. The standard InChI is InChI=1S/C24H32O4/c1-17(25)16-27-21-12-10-19(11-13-21)23(2,3)18-6-8-20(9-7-18)24(4,5)28-22-14-15-26-22/h6-13,17,22,25H,14-16H2,1-5H3. The molecule has 0 bridgehead atoms. The van der Waals surface area contributed by atoms with Crippen molar-refractivity contribution < 1.29 is 19.3 Å². The van der Waals surface area contributed by atoms with Gasteiger partial charge in [-0.2, -0.15) is 0 Å². The van der Waals surface area contributed by atoms with Crippen LogP contribution in [0, 0.1) is 0 Å². The normalized spacial score (nSPS) is 18.4. The monoisotopic (exact) mass is 384 g/mol. The first kappa shape index (κ1) is 20.8. The zero-order valence-electron chi connectivity index (χ0n) is 17.6. The maximum Gasteiger partial charge on any atom is 0.160 e. The van der Waals surface area contributed by atoms with E-state index in [9.17, 15) is 5.11 Å². The van der Waals surface area contributed by atoms with Gasteiger partial charge in [-0.1, -0.05) is 50.2 Å². The second-order valence-corrected chi connectivity index (χ2v) is 8.60. The molecule has 2 aromatic rings. The molecule has 2 aromatic carbocycles. The molecule has 0 aliphatic carbocycles. The third kappa shape index (κ3) is 4.75. The topological polar surface area (TPSA) is 47.9 Å². The van der Waals surface area contributed by atoms with E-state index in [1.165, 1.54) is 11.1 Å². The molecule has 1 aliphatic heterocycles. The number of benzene rings is 2. The van der Waals surface area contributed by atoms with Gasteiger partial charge in [0.05, 0.1) is 18.3 Å². The Bertz CT molecular complexity index is 756. The van der Waals surface area contributed by atoms with Crippen molar-refractivity contribution in [3.8, 4) is 5.75 Å². The molecule has 4 nitrogen and oxygen atoms in total. The van der Waals surface area contributed by atoms with Crippen LogP contribution in [0.5, 0.6) is 5.75 Å². The summed E-state index contributed by atoms with van der Waals surface area (Å²) in [5, 5.41) is 9.35. The summed E-state index contributed by atoms with van der Waals surface area (Å²) in [6.45, 7) is 11.4. The van der Waals surface area contributed by atoms with Gasteiger partial charge in [-0.3, -0.25) is 0 Å². The first-order valence-corrected chi connectivity index (χ1v) is 10.0. The van der Waals surface area contributed by atoms with E-state index in [0.29, 0.717) is 6.61 Å². The summed E-state index contributed by atoms with van der Waals surface area (Å²) in [5.41, 5.74) is 3.08. The molecular formula is C24H32O4. The molecule has 0 amide bonds. The fourth-order valence-electron chi connectivity index (χ4n) is 3.34. The van der Waals surface area contributed by atoms with Crippen LogP contribution in [0.4, 0.5) is 0 Å². The van der Waals surface area contributed by atoms with Crippen molar-refractivity contribution in [2.75, 3.05) is 13.2 Å². The van der Waals surface area contributed by atoms with Gasteiger partial charge in [0.25, 0.3) is 0 Å². The van der Waals surface area contributed by atoms with E-state index in [-0.39, 0.29) is 17.3 Å². The van der Waals surface area contributed by atoms with Crippen LogP contribution in [0.2, 0.25) is 0 Å². The number of aliphatic hydroxyl groups is 1. The second-order valence-electron chi connectivity index (χ2n) is 8.60. The predicted molar refractivity (Wildman–Crippen MR) is 111 cm³/mol. The lowest BCUT2D eigenvalue weighted by Gasteiger charge is -2.36. The van der Waals surface area contributed by atoms with Gasteiger partial charge in [-0.05, 0) is 49.6 Å². The smallest absolute Gasteiger partial charge is 0.160 e. The van der Waals surface area contributed by atoms with Gasteiger partial charge in [0, 0.05) is 11.8 Å². The highest BCUT2D eigenvalue weighted by Gasteiger charge is 2.30. The largest absolute Gasteiger partial charge is 0.491 e. The summed E-state index contributed by atoms with van der Waals surface area (Å²) >= 11 is 0. The number of hydrogen-bond donors (Lipinski definition) is 1. The van der Waals surface area contributed by atoms with Crippen LogP contribution < -0.4 is 4.74 Å². The van der Waals surface area contributed by atoms with Crippen LogP contribution in [-0.2, 0) is 20.5 Å². The highest BCUT2D eigenvalue weighted by molar-refractivity contribution is 5.41. The van der Waals surface area contributed by atoms with Gasteiger partial charge in [0.15, 0.2) is 6.29 Å². The van der Waals surface area contributed by atoms with E-state index in [1.807, 2.05) is 12.1 Å². The Morgan fingerprint density at radius 2 is 1.46 bits per heavy atom. The fraction of sp³-hybridized carbons (Fsp3) is 0.500. The molecule has 2 unspecified atom stereocenters. The van der Waals surface area contributed by atoms with Gasteiger partial charge in [-0.15, -0.1) is 0 Å². The zero-order valence-corrected chi connectivity index (χ0v) is 17.6. The van der Waals surface area contributed by atoms with E-state index in [1.54, 1.807) is 6.92 Å². The van der Waals surface area contributed by atoms with E-state index < -0.39 is 6.10 Å². The molecule has 1 saturated heterocycles. The number of rotatable bonds is 8. The summed E-state index contributed by atoms with van der Waals surface area (Å²) in [7, 11) is 0. The molecule has 1 N–H and O–H groups in total. The molecule has 1 heterocycles. The predicted octanol–water partition coefficient (Wildman–Crippen LogP) is 4.77. The Hall–Kier alpha value is -1.88. The maximum absolute atomic E-state index is 9.35. The Labute approximate surface area is 168 Å². The molecule has 4 heteroatoms. The van der Waals surface area contributed by atoms with E-state index >= 15 is 0 Å². The molecule has 2 atom stereocenters. The van der Waals surface area contributed by atoms with Crippen molar-refractivity contribution in [1.29, 1.82) is 0 Å². The minimum absolute atomic E-state index is 0.0827. The third-order valence-corrected chi connectivity index (χ3v) is 5.45. The van der Waals surface area contributed by atoms with E-state index in [4.69, 9.17) is 14.2 Å². The van der Waals surface area contributed by atoms with Crippen molar-refractivity contribution in [1.82, 2.24) is 0 Å². The summed E-state index contributed by atoms with van der Waals surface area (Å²) in [6, 6.07) is 16.8. The molecule has 0 aromatic heterocycles. The van der Waals surface area contributed by atoms with E-state index in [0.717, 1.165) is 24.3 Å². The number of hydrogen-bond acceptors (Lipinski definition) is 4. The van der Waals surface area contributed by atoms with Gasteiger partial charge < -0.3 is 19.3 Å². The van der Waals surface area contributed by atoms with Gasteiger partial charge in [0.2, 0.25) is 0 Å². The molecule has 0 radical (unpaired) electrons. The summed E-state index contributed by atoms with van der Waals surface area (Å²) in [5.74, 6) is 0.771. The van der Waals surface area contributed by atoms with Crippen molar-refractivity contribution in [3.05, 3.63) is 65.2 Å². The lowest BCUT2D eigenvalue weighted by atomic mass is 9.77. The van der Waals surface area contributed by atoms with Crippen molar-refractivity contribution in [2.45, 2.75) is 64.4 Å². The van der Waals surface area contributed by atoms with Gasteiger partial charge >= 0.3 is 0 Å². The van der Waals surface area contributed by atoms with Crippen LogP contribution in [-0.4, -0.2) is 30.7 Å². The average molecular weight is 385 g/mol. The van der Waals surface area contributed by atoms with E-state index in [2.05, 4.69) is 64.1 Å². The SMILES string of the molecule is CC(O)COc1ccc(C(C)(C)c2ccc(C(C)(C)OC3CCO3)cc2)cc1. The summed E-state index contributed by atoms with van der Waals surface area (Å²) in [6.07, 6.45) is 0.408. The number of ether oxygens (including phenoxy) is 3. The van der Waals surface area contributed by atoms with Crippen molar-refractivity contribution in [2.24, 2.45) is 0 Å². The van der Waals surface area contributed by atoms with Crippen LogP contribution in [0.15, 0.2) is 48.5 Å². The van der Waals surface area contributed by atoms with Crippen LogP contribution in [0.3, 0.4) is 0 Å². The Balaban J connectivity index is 1.72. The Morgan fingerprint density at radius 3 is 1.93 bits per heavy atom. The molecule has 152 valence electrons. The van der Waals surface area contributed by atoms with Crippen LogP contribution in [0.25, 0.3) is 0 Å². The highest BCUT2D eigenvalue weighted by Crippen LogP contribution is 2.35. The van der Waals surface area contributed by atoms with Crippen LogP contribution >= 0.6 is 0 Å². The molecular weight excluding hydrogens is 352 g/mol. The second kappa shape index (κ2) is 8.24. The minimum atomic E-state index is -0.473. The Kier molecular flexibility index (Phi) is 6.13. The lowest BCUT2D eigenvalue weighted by Crippen LogP contribution is -2.37. The number of aliphatic hydroxyl groups excluding tert-OH is 1. The fourth-order valence-corrected chi connectivity index (χ4v) is 3.34. The average Bonchev–Trinajstić information content (AvgIpc) is 2.63. The molecule has 1 fully saturated rings. The summed E-state index contributed by atoms with van der Waals surface area (Å²) < 4.78 is 17.1. The highest BCUT2D eigenvalue weighted by atomic mass is 16.7. The zero-order chi connectivity index (χ0) is 20.4. The van der Waals surface area contributed by atoms with Gasteiger partial charge in [0.1, 0.15) is 12.4 Å². The van der Waals surface area contributed by atoms with Crippen molar-refractivity contribution in [3.63, 3.8) is 0 Å². The third-order valence-electron chi connectivity index (χ3n) is 5.45. The maximum atomic E-state index is 9.35. The first-order valence-electron chi connectivity index (χ1n) is 10.0. The molecule has 3 rings (SSSR count).